The van der Waals surface area contributed by atoms with Crippen molar-refractivity contribution in [2.75, 3.05) is 7.05 Å². The van der Waals surface area contributed by atoms with Crippen molar-refractivity contribution in [1.29, 1.82) is 0 Å². The summed E-state index contributed by atoms with van der Waals surface area (Å²) in [5.41, 5.74) is 9.41. The molecule has 0 aliphatic heterocycles. The molecule has 0 saturated carbocycles. The Kier molecular flexibility index (Phi) is 9.29. The van der Waals surface area contributed by atoms with Crippen LogP contribution in [0.25, 0.3) is 0 Å². The summed E-state index contributed by atoms with van der Waals surface area (Å²) in [4.78, 5) is 10.2. The Morgan fingerprint density at radius 1 is 1.56 bits per heavy atom. The average molecular weight is 132 g/mol. The molecule has 0 saturated heterocycles. The summed E-state index contributed by atoms with van der Waals surface area (Å²) in [5.74, 6) is -0.164. The van der Waals surface area contributed by atoms with Gasteiger partial charge in [0.05, 0.1) is 0 Å². The van der Waals surface area contributed by atoms with E-state index in [4.69, 9.17) is 5.73 Å². The van der Waals surface area contributed by atoms with Gasteiger partial charge in [-0.25, -0.2) is 0 Å². The van der Waals surface area contributed by atoms with E-state index in [1.54, 1.807) is 0 Å². The van der Waals surface area contributed by atoms with Crippen LogP contribution in [0, 0.1) is 5.92 Å². The summed E-state index contributed by atoms with van der Waals surface area (Å²) < 4.78 is 0. The predicted molar refractivity (Wildman–Crippen MR) is 38.8 cm³/mol. The predicted octanol–water partition coefficient (Wildman–Crippen LogP) is 0.0927. The molecule has 0 aromatic heterocycles. The average Bonchev–Trinajstić information content (AvgIpc) is 1.91. The molecule has 0 fully saturated rings. The number of nitrogens with two attached hydrogens (primary N) is 2. The Hall–Kier alpha value is -0.570. The molecule has 0 bridgehead atoms. The highest BCUT2D eigenvalue weighted by Gasteiger charge is 2.02. The second-order valence-electron chi connectivity index (χ2n) is 1.71. The van der Waals surface area contributed by atoms with Crippen LogP contribution in [-0.2, 0) is 4.79 Å². The largest absolute Gasteiger partial charge is 0.369 e. The van der Waals surface area contributed by atoms with Gasteiger partial charge in [0.25, 0.3) is 0 Å². The van der Waals surface area contributed by atoms with E-state index >= 15 is 0 Å². The highest BCUT2D eigenvalue weighted by Crippen LogP contribution is 1.96. The van der Waals surface area contributed by atoms with Gasteiger partial charge in [0, 0.05) is 5.92 Å². The fraction of sp³-hybridized carbons (Fsp3) is 0.833. The summed E-state index contributed by atoms with van der Waals surface area (Å²) in [6, 6.07) is 0. The Bertz CT molecular complexity index is 73.5. The highest BCUT2D eigenvalue weighted by molar-refractivity contribution is 5.76. The molecular formula is C6H16N2O. The molecule has 4 N–H and O–H groups in total. The molecule has 3 heteroatoms. The summed E-state index contributed by atoms with van der Waals surface area (Å²) >= 11 is 0. The minimum Gasteiger partial charge on any atom is -0.369 e. The van der Waals surface area contributed by atoms with E-state index in [0.29, 0.717) is 0 Å². The molecule has 0 aliphatic rings. The van der Waals surface area contributed by atoms with Crippen molar-refractivity contribution in [1.82, 2.24) is 0 Å². The van der Waals surface area contributed by atoms with Crippen LogP contribution in [0.15, 0.2) is 0 Å². The van der Waals surface area contributed by atoms with Crippen molar-refractivity contribution in [2.24, 2.45) is 17.4 Å². The molecule has 0 aromatic rings. The van der Waals surface area contributed by atoms with Crippen molar-refractivity contribution >= 4 is 5.91 Å². The van der Waals surface area contributed by atoms with E-state index in [0.717, 1.165) is 6.42 Å². The zero-order chi connectivity index (χ0) is 7.86. The van der Waals surface area contributed by atoms with Crippen LogP contribution >= 0.6 is 0 Å². The molecule has 3 nitrogen and oxygen atoms in total. The normalized spacial score (nSPS) is 11.1. The van der Waals surface area contributed by atoms with Gasteiger partial charge in [-0.05, 0) is 13.5 Å². The molecule has 0 aromatic carbocycles. The van der Waals surface area contributed by atoms with Crippen molar-refractivity contribution in [3.63, 3.8) is 0 Å². The zero-order valence-electron chi connectivity index (χ0n) is 6.35. The van der Waals surface area contributed by atoms with Gasteiger partial charge in [-0.2, -0.15) is 0 Å². The van der Waals surface area contributed by atoms with Crippen molar-refractivity contribution < 1.29 is 4.79 Å². The number of hydrogen-bond donors (Lipinski definition) is 2. The van der Waals surface area contributed by atoms with Crippen LogP contribution in [0.3, 0.4) is 0 Å². The third-order valence-electron chi connectivity index (χ3n) is 1.10. The van der Waals surface area contributed by atoms with Gasteiger partial charge < -0.3 is 11.5 Å². The highest BCUT2D eigenvalue weighted by atomic mass is 16.1. The van der Waals surface area contributed by atoms with E-state index < -0.39 is 0 Å². The molecular weight excluding hydrogens is 116 g/mol. The molecule has 1 unspecified atom stereocenters. The summed E-state index contributed by atoms with van der Waals surface area (Å²) in [6.07, 6.45) is 0.843. The van der Waals surface area contributed by atoms with Gasteiger partial charge in [-0.1, -0.05) is 13.8 Å². The smallest absolute Gasteiger partial charge is 0.220 e. The van der Waals surface area contributed by atoms with E-state index in [2.05, 4.69) is 5.73 Å². The number of amides is 1. The number of rotatable bonds is 2. The fourth-order valence-electron chi connectivity index (χ4n) is 0.201. The quantitative estimate of drug-likeness (QED) is 0.559. The van der Waals surface area contributed by atoms with E-state index in [9.17, 15) is 4.79 Å². The van der Waals surface area contributed by atoms with E-state index in [1.807, 2.05) is 13.8 Å². The lowest BCUT2D eigenvalue weighted by Crippen LogP contribution is -2.19. The summed E-state index contributed by atoms with van der Waals surface area (Å²) in [5, 5.41) is 0. The number of carbonyl (C=O) groups excluding carboxylic acids is 1. The maximum absolute atomic E-state index is 10.2. The lowest BCUT2D eigenvalue weighted by atomic mass is 10.1. The minimum atomic E-state index is -0.206. The molecule has 1 atom stereocenters. The van der Waals surface area contributed by atoms with E-state index in [1.165, 1.54) is 7.05 Å². The van der Waals surface area contributed by atoms with E-state index in [-0.39, 0.29) is 11.8 Å². The fourth-order valence-corrected chi connectivity index (χ4v) is 0.201. The van der Waals surface area contributed by atoms with Crippen LogP contribution in [0.1, 0.15) is 20.3 Å². The van der Waals surface area contributed by atoms with Crippen LogP contribution in [-0.4, -0.2) is 13.0 Å². The summed E-state index contributed by atoms with van der Waals surface area (Å²) in [7, 11) is 1.50. The minimum absolute atomic E-state index is 0.0417. The molecule has 9 heavy (non-hydrogen) atoms. The van der Waals surface area contributed by atoms with Crippen LogP contribution < -0.4 is 11.5 Å². The van der Waals surface area contributed by atoms with Gasteiger partial charge >= 0.3 is 0 Å². The molecule has 0 spiro atoms. The van der Waals surface area contributed by atoms with Crippen LogP contribution in [0.2, 0.25) is 0 Å². The van der Waals surface area contributed by atoms with Gasteiger partial charge in [0.1, 0.15) is 0 Å². The standard InChI is InChI=1S/C5H11NO.CH5N/c1-3-4(2)5(6)7;1-2/h4H,3H2,1-2H3,(H2,6,7);2H2,1H3. The number of hydrogen-bond acceptors (Lipinski definition) is 2. The monoisotopic (exact) mass is 132 g/mol. The van der Waals surface area contributed by atoms with Crippen molar-refractivity contribution in [3.05, 3.63) is 0 Å². The first-order chi connectivity index (χ1) is 4.18. The first-order valence-electron chi connectivity index (χ1n) is 3.05. The zero-order valence-corrected chi connectivity index (χ0v) is 6.35. The first-order valence-corrected chi connectivity index (χ1v) is 3.05. The lowest BCUT2D eigenvalue weighted by molar-refractivity contribution is -0.121. The van der Waals surface area contributed by atoms with Crippen LogP contribution in [0.4, 0.5) is 0 Å². The lowest BCUT2D eigenvalue weighted by Gasteiger charge is -1.98. The van der Waals surface area contributed by atoms with Crippen molar-refractivity contribution in [2.45, 2.75) is 20.3 Å². The molecule has 56 valence electrons. The molecule has 0 radical (unpaired) electrons. The molecule has 0 aliphatic carbocycles. The molecule has 0 rings (SSSR count). The number of carbonyl (C=O) groups is 1. The maximum atomic E-state index is 10.2. The molecule has 1 amide bonds. The van der Waals surface area contributed by atoms with Gasteiger partial charge in [-0.15, -0.1) is 0 Å². The topological polar surface area (TPSA) is 69.1 Å². The third kappa shape index (κ3) is 7.43. The molecule has 0 heterocycles. The SMILES string of the molecule is CCC(C)C(N)=O.CN. The third-order valence-corrected chi connectivity index (χ3v) is 1.10. The number of primary amides is 1. The van der Waals surface area contributed by atoms with Crippen LogP contribution in [0.5, 0.6) is 0 Å². The second kappa shape index (κ2) is 7.43. The Morgan fingerprint density at radius 2 is 1.89 bits per heavy atom. The Morgan fingerprint density at radius 3 is 1.89 bits per heavy atom. The Balaban J connectivity index is 0. The van der Waals surface area contributed by atoms with Gasteiger partial charge in [0.15, 0.2) is 0 Å². The maximum Gasteiger partial charge on any atom is 0.220 e. The van der Waals surface area contributed by atoms with Gasteiger partial charge in [-0.3, -0.25) is 4.79 Å². The summed E-state index contributed by atoms with van der Waals surface area (Å²) in [6.45, 7) is 3.76. The van der Waals surface area contributed by atoms with Crippen molar-refractivity contribution in [3.8, 4) is 0 Å². The first kappa shape index (κ1) is 11.3. The second-order valence-corrected chi connectivity index (χ2v) is 1.71. The van der Waals surface area contributed by atoms with Gasteiger partial charge in [0.2, 0.25) is 5.91 Å². The Labute approximate surface area is 56.4 Å².